The van der Waals surface area contributed by atoms with E-state index in [-0.39, 0.29) is 12.5 Å². The van der Waals surface area contributed by atoms with Crippen LogP contribution < -0.4 is 5.32 Å². The molecule has 0 aliphatic heterocycles. The molecule has 0 aliphatic carbocycles. The third-order valence-electron chi connectivity index (χ3n) is 10.9. The molecule has 0 radical (unpaired) electrons. The van der Waals surface area contributed by atoms with Crippen LogP contribution in [0.2, 0.25) is 0 Å². The zero-order valence-corrected chi connectivity index (χ0v) is 36.1. The van der Waals surface area contributed by atoms with Crippen molar-refractivity contribution in [2.24, 2.45) is 0 Å². The molecule has 0 saturated carbocycles. The fraction of sp³-hybridized carbons (Fsp3) is 0.857. The van der Waals surface area contributed by atoms with Crippen LogP contribution in [-0.2, 0) is 4.79 Å². The Labute approximate surface area is 336 Å². The van der Waals surface area contributed by atoms with Gasteiger partial charge in [0.25, 0.3) is 0 Å². The number of carbonyl (C=O) groups is 1. The average molecular weight is 760 g/mol. The van der Waals surface area contributed by atoms with Gasteiger partial charge in [0.1, 0.15) is 6.10 Å². The van der Waals surface area contributed by atoms with Crippen LogP contribution in [0.25, 0.3) is 0 Å². The van der Waals surface area contributed by atoms with Crippen molar-refractivity contribution in [2.75, 3.05) is 6.61 Å². The van der Waals surface area contributed by atoms with Crippen molar-refractivity contribution < 1.29 is 20.1 Å². The molecule has 0 aromatic heterocycles. The molecule has 0 aliphatic rings. The Morgan fingerprint density at radius 2 is 0.759 bits per heavy atom. The zero-order chi connectivity index (χ0) is 39.4. The first-order valence-electron chi connectivity index (χ1n) is 23.8. The lowest BCUT2D eigenvalue weighted by atomic mass is 10.0. The van der Waals surface area contributed by atoms with Gasteiger partial charge in [-0.05, 0) is 77.0 Å². The second-order valence-corrected chi connectivity index (χ2v) is 16.3. The van der Waals surface area contributed by atoms with Crippen molar-refractivity contribution in [1.29, 1.82) is 0 Å². The minimum Gasteiger partial charge on any atom is -0.394 e. The first kappa shape index (κ1) is 52.6. The number of carbonyl (C=O) groups excluding carboxylic acids is 1. The molecule has 1 amide bonds. The van der Waals surface area contributed by atoms with Gasteiger partial charge in [-0.25, -0.2) is 0 Å². The summed E-state index contributed by atoms with van der Waals surface area (Å²) in [4.78, 5) is 12.4. The molecule has 0 rings (SSSR count). The van der Waals surface area contributed by atoms with E-state index in [1.54, 1.807) is 0 Å². The fourth-order valence-electron chi connectivity index (χ4n) is 7.23. The van der Waals surface area contributed by atoms with E-state index in [2.05, 4.69) is 55.6 Å². The van der Waals surface area contributed by atoms with E-state index in [1.165, 1.54) is 173 Å². The lowest BCUT2D eigenvalue weighted by Crippen LogP contribution is -2.50. The van der Waals surface area contributed by atoms with Gasteiger partial charge >= 0.3 is 0 Å². The SMILES string of the molecule is CCCCCCC/C=C/CC/C=C/CCCC(O)C(O)C(CO)NC(=O)CCCCCCCCCCCC/C=C\CCCCCCCCCCCCCC. The van der Waals surface area contributed by atoms with E-state index in [9.17, 15) is 20.1 Å². The molecule has 0 fully saturated rings. The highest BCUT2D eigenvalue weighted by atomic mass is 16.3. The molecule has 0 heterocycles. The summed E-state index contributed by atoms with van der Waals surface area (Å²) in [5.74, 6) is -0.159. The molecular formula is C49H93NO4. The van der Waals surface area contributed by atoms with E-state index in [0.29, 0.717) is 12.8 Å². The maximum absolute atomic E-state index is 12.4. The summed E-state index contributed by atoms with van der Waals surface area (Å²) in [7, 11) is 0. The van der Waals surface area contributed by atoms with Gasteiger partial charge in [0.15, 0.2) is 0 Å². The first-order valence-corrected chi connectivity index (χ1v) is 23.8. The summed E-state index contributed by atoms with van der Waals surface area (Å²) in [6, 6.07) is -0.832. The molecule has 3 unspecified atom stereocenters. The summed E-state index contributed by atoms with van der Waals surface area (Å²) in [5.41, 5.74) is 0. The molecule has 0 aromatic carbocycles. The largest absolute Gasteiger partial charge is 0.394 e. The second-order valence-electron chi connectivity index (χ2n) is 16.3. The summed E-state index contributed by atoms with van der Waals surface area (Å²) >= 11 is 0. The number of allylic oxidation sites excluding steroid dienone is 6. The molecule has 0 bridgehead atoms. The third-order valence-corrected chi connectivity index (χ3v) is 10.9. The highest BCUT2D eigenvalue weighted by molar-refractivity contribution is 5.76. The Morgan fingerprint density at radius 3 is 1.13 bits per heavy atom. The Kier molecular flexibility index (Phi) is 43.1. The molecule has 5 nitrogen and oxygen atoms in total. The number of hydrogen-bond donors (Lipinski definition) is 4. The first-order chi connectivity index (χ1) is 26.6. The molecule has 4 N–H and O–H groups in total. The van der Waals surface area contributed by atoms with Crippen molar-refractivity contribution in [3.63, 3.8) is 0 Å². The summed E-state index contributed by atoms with van der Waals surface area (Å²) in [6.45, 7) is 4.16. The highest BCUT2D eigenvalue weighted by Gasteiger charge is 2.26. The Bertz CT molecular complexity index is 840. The number of aliphatic hydroxyl groups is 3. The van der Waals surface area contributed by atoms with Gasteiger partial charge in [0, 0.05) is 6.42 Å². The highest BCUT2D eigenvalue weighted by Crippen LogP contribution is 2.15. The summed E-state index contributed by atoms with van der Waals surface area (Å²) in [5, 5.41) is 33.5. The van der Waals surface area contributed by atoms with Crippen LogP contribution in [0.5, 0.6) is 0 Å². The van der Waals surface area contributed by atoms with Gasteiger partial charge in [0.05, 0.1) is 18.8 Å². The van der Waals surface area contributed by atoms with Crippen molar-refractivity contribution >= 4 is 5.91 Å². The minimum atomic E-state index is -1.17. The van der Waals surface area contributed by atoms with Crippen LogP contribution >= 0.6 is 0 Å². The van der Waals surface area contributed by atoms with E-state index in [0.717, 1.165) is 44.9 Å². The molecule has 0 spiro atoms. The van der Waals surface area contributed by atoms with Crippen molar-refractivity contribution in [1.82, 2.24) is 5.32 Å². The fourth-order valence-corrected chi connectivity index (χ4v) is 7.23. The van der Waals surface area contributed by atoms with Gasteiger partial charge in [-0.15, -0.1) is 0 Å². The van der Waals surface area contributed by atoms with Crippen LogP contribution in [0.15, 0.2) is 36.5 Å². The molecule has 54 heavy (non-hydrogen) atoms. The number of aliphatic hydroxyl groups excluding tert-OH is 3. The molecule has 5 heteroatoms. The van der Waals surface area contributed by atoms with Crippen LogP contribution in [0.1, 0.15) is 245 Å². The number of unbranched alkanes of at least 4 members (excludes halogenated alkanes) is 29. The van der Waals surface area contributed by atoms with E-state index in [1.807, 2.05) is 0 Å². The van der Waals surface area contributed by atoms with Crippen molar-refractivity contribution in [3.05, 3.63) is 36.5 Å². The maximum atomic E-state index is 12.4. The average Bonchev–Trinajstić information content (AvgIpc) is 3.18. The number of hydrogen-bond acceptors (Lipinski definition) is 4. The zero-order valence-electron chi connectivity index (χ0n) is 36.1. The number of amides is 1. The van der Waals surface area contributed by atoms with Crippen LogP contribution in [-0.4, -0.2) is 46.1 Å². The second kappa shape index (κ2) is 44.3. The van der Waals surface area contributed by atoms with Crippen LogP contribution in [0, 0.1) is 0 Å². The quantitative estimate of drug-likeness (QED) is 0.0368. The lowest BCUT2D eigenvalue weighted by Gasteiger charge is -2.26. The van der Waals surface area contributed by atoms with Crippen molar-refractivity contribution in [3.8, 4) is 0 Å². The predicted octanol–water partition coefficient (Wildman–Crippen LogP) is 13.9. The molecule has 0 aromatic rings. The Balaban J connectivity index is 3.60. The number of rotatable bonds is 43. The number of nitrogens with one attached hydrogen (secondary N) is 1. The molecular weight excluding hydrogens is 667 g/mol. The standard InChI is InChI=1S/C49H93NO4/c1-3-5-7-9-11-13-15-17-19-20-21-22-23-24-25-26-27-28-29-30-32-34-36-38-40-42-44-48(53)50-46(45-51)49(54)47(52)43-41-39-37-35-33-31-18-16-14-12-10-8-6-4-2/h16,18,24-25,35,37,46-47,49,51-52,54H,3-15,17,19-23,26-34,36,38-45H2,1-2H3,(H,50,53)/b18-16+,25-24-,37-35+. The van der Waals surface area contributed by atoms with Crippen LogP contribution in [0.3, 0.4) is 0 Å². The smallest absolute Gasteiger partial charge is 0.220 e. The van der Waals surface area contributed by atoms with Gasteiger partial charge in [-0.1, -0.05) is 198 Å². The normalized spacial score (nSPS) is 13.8. The maximum Gasteiger partial charge on any atom is 0.220 e. The molecule has 3 atom stereocenters. The van der Waals surface area contributed by atoms with E-state index >= 15 is 0 Å². The summed E-state index contributed by atoms with van der Waals surface area (Å²) < 4.78 is 0. The summed E-state index contributed by atoms with van der Waals surface area (Å²) in [6.07, 6.45) is 55.6. The predicted molar refractivity (Wildman–Crippen MR) is 236 cm³/mol. The Morgan fingerprint density at radius 1 is 0.444 bits per heavy atom. The van der Waals surface area contributed by atoms with Crippen molar-refractivity contribution in [2.45, 2.75) is 263 Å². The molecule has 0 saturated heterocycles. The van der Waals surface area contributed by atoms with Gasteiger partial charge in [-0.2, -0.15) is 0 Å². The van der Waals surface area contributed by atoms with E-state index in [4.69, 9.17) is 0 Å². The Hall–Kier alpha value is -1.43. The van der Waals surface area contributed by atoms with Crippen LogP contribution in [0.4, 0.5) is 0 Å². The minimum absolute atomic E-state index is 0.159. The monoisotopic (exact) mass is 760 g/mol. The van der Waals surface area contributed by atoms with E-state index < -0.39 is 18.2 Å². The van der Waals surface area contributed by atoms with Gasteiger partial charge in [0.2, 0.25) is 5.91 Å². The van der Waals surface area contributed by atoms with Gasteiger partial charge in [-0.3, -0.25) is 4.79 Å². The third kappa shape index (κ3) is 38.8. The molecule has 318 valence electrons. The van der Waals surface area contributed by atoms with Gasteiger partial charge < -0.3 is 20.6 Å². The topological polar surface area (TPSA) is 89.8 Å². The lowest BCUT2D eigenvalue weighted by molar-refractivity contribution is -0.124.